The van der Waals surface area contributed by atoms with Crippen LogP contribution in [0.4, 0.5) is 0 Å². The highest BCUT2D eigenvalue weighted by atomic mass is 32.1. The van der Waals surface area contributed by atoms with E-state index in [9.17, 15) is 9.59 Å². The van der Waals surface area contributed by atoms with Crippen molar-refractivity contribution >= 4 is 23.2 Å². The molecule has 1 amide bonds. The van der Waals surface area contributed by atoms with Gasteiger partial charge in [0, 0.05) is 19.0 Å². The van der Waals surface area contributed by atoms with Crippen molar-refractivity contribution in [2.45, 2.75) is 18.8 Å². The quantitative estimate of drug-likeness (QED) is 0.561. The maximum absolute atomic E-state index is 13.0. The van der Waals surface area contributed by atoms with Crippen LogP contribution in [0, 0.1) is 0 Å². The first kappa shape index (κ1) is 21.0. The van der Waals surface area contributed by atoms with Crippen LogP contribution in [-0.4, -0.2) is 54.3 Å². The molecule has 0 saturated carbocycles. The highest BCUT2D eigenvalue weighted by Gasteiger charge is 2.29. The predicted molar refractivity (Wildman–Crippen MR) is 118 cm³/mol. The zero-order chi connectivity index (χ0) is 21.8. The number of esters is 1. The molecule has 0 spiro atoms. The second-order valence-corrected chi connectivity index (χ2v) is 8.26. The van der Waals surface area contributed by atoms with E-state index < -0.39 is 5.97 Å². The number of piperidine rings is 1. The summed E-state index contributed by atoms with van der Waals surface area (Å²) < 4.78 is 10.2. The van der Waals surface area contributed by atoms with Gasteiger partial charge in [0.2, 0.25) is 0 Å². The van der Waals surface area contributed by atoms with E-state index in [1.807, 2.05) is 24.3 Å². The van der Waals surface area contributed by atoms with Crippen molar-refractivity contribution in [3.05, 3.63) is 64.7 Å². The summed E-state index contributed by atoms with van der Waals surface area (Å²) in [6.07, 6.45) is 1.60. The van der Waals surface area contributed by atoms with Crippen molar-refractivity contribution in [2.75, 3.05) is 27.3 Å². The molecule has 3 aromatic rings. The van der Waals surface area contributed by atoms with E-state index in [1.54, 1.807) is 47.6 Å². The summed E-state index contributed by atoms with van der Waals surface area (Å²) in [4.78, 5) is 26.8. The third-order valence-electron chi connectivity index (χ3n) is 5.47. The Labute approximate surface area is 184 Å². The second kappa shape index (κ2) is 9.26. The van der Waals surface area contributed by atoms with Gasteiger partial charge in [0.1, 0.15) is 10.8 Å². The molecule has 1 aliphatic rings. The van der Waals surface area contributed by atoms with E-state index in [0.29, 0.717) is 24.2 Å². The van der Waals surface area contributed by atoms with Crippen molar-refractivity contribution in [2.24, 2.45) is 0 Å². The molecular formula is C23H23N3O4S. The fraction of sp³-hybridized carbons (Fsp3) is 0.304. The summed E-state index contributed by atoms with van der Waals surface area (Å²) in [6.45, 7) is 1.20. The van der Waals surface area contributed by atoms with Crippen LogP contribution in [0.15, 0.2) is 48.5 Å². The van der Waals surface area contributed by atoms with Crippen LogP contribution in [0.2, 0.25) is 0 Å². The maximum Gasteiger partial charge on any atom is 0.338 e. The molecule has 2 heterocycles. The Hall–Kier alpha value is -3.26. The molecule has 1 fully saturated rings. The van der Waals surface area contributed by atoms with Gasteiger partial charge in [-0.05, 0) is 37.1 Å². The van der Waals surface area contributed by atoms with Gasteiger partial charge in [-0.2, -0.15) is 0 Å². The number of benzene rings is 2. The molecule has 4 rings (SSSR count). The highest BCUT2D eigenvalue weighted by Crippen LogP contribution is 2.36. The Kier molecular flexibility index (Phi) is 6.27. The summed E-state index contributed by atoms with van der Waals surface area (Å²) >= 11 is 1.57. The van der Waals surface area contributed by atoms with Crippen LogP contribution >= 0.6 is 11.3 Å². The number of aromatic nitrogens is 2. The van der Waals surface area contributed by atoms with Gasteiger partial charge < -0.3 is 14.4 Å². The van der Waals surface area contributed by atoms with E-state index in [1.165, 1.54) is 7.11 Å². The predicted octanol–water partition coefficient (Wildman–Crippen LogP) is 4.02. The van der Waals surface area contributed by atoms with E-state index in [-0.39, 0.29) is 11.8 Å². The van der Waals surface area contributed by atoms with Crippen molar-refractivity contribution < 1.29 is 19.1 Å². The number of amides is 1. The second-order valence-electron chi connectivity index (χ2n) is 7.25. The third-order valence-corrected chi connectivity index (χ3v) is 6.59. The zero-order valence-corrected chi connectivity index (χ0v) is 18.2. The lowest BCUT2D eigenvalue weighted by Gasteiger charge is -2.31. The minimum absolute atomic E-state index is 0.147. The highest BCUT2D eigenvalue weighted by molar-refractivity contribution is 7.14. The fourth-order valence-corrected chi connectivity index (χ4v) is 4.83. The first-order valence-electron chi connectivity index (χ1n) is 10.1. The molecule has 7 nitrogen and oxygen atoms in total. The van der Waals surface area contributed by atoms with Crippen LogP contribution < -0.4 is 4.74 Å². The molecule has 1 aromatic heterocycles. The largest absolute Gasteiger partial charge is 0.496 e. The van der Waals surface area contributed by atoms with Crippen LogP contribution in [-0.2, 0) is 4.74 Å². The molecule has 0 radical (unpaired) electrons. The van der Waals surface area contributed by atoms with E-state index in [4.69, 9.17) is 9.47 Å². The van der Waals surface area contributed by atoms with Crippen LogP contribution in [0.3, 0.4) is 0 Å². The minimum atomic E-state index is -0.503. The van der Waals surface area contributed by atoms with Gasteiger partial charge in [0.05, 0.1) is 30.9 Å². The monoisotopic (exact) mass is 437 g/mol. The molecule has 0 unspecified atom stereocenters. The molecule has 0 atom stereocenters. The van der Waals surface area contributed by atoms with Gasteiger partial charge in [-0.15, -0.1) is 10.2 Å². The molecule has 2 aromatic carbocycles. The number of hydrogen-bond acceptors (Lipinski definition) is 7. The Balaban J connectivity index is 1.45. The van der Waals surface area contributed by atoms with Crippen LogP contribution in [0.25, 0.3) is 10.6 Å². The average molecular weight is 438 g/mol. The first-order chi connectivity index (χ1) is 15.1. The average Bonchev–Trinajstić information content (AvgIpc) is 3.33. The Morgan fingerprint density at radius 1 is 0.968 bits per heavy atom. The standard InChI is InChI=1S/C23H23N3O4S/c1-29-19-10-6-5-9-18(19)21-25-24-20(31-21)15-11-13-26(14-12-15)22(27)16-7-3-4-8-17(16)23(28)30-2/h3-10,15H,11-14H2,1-2H3. The number of hydrogen-bond donors (Lipinski definition) is 0. The van der Waals surface area contributed by atoms with E-state index in [0.717, 1.165) is 34.2 Å². The van der Waals surface area contributed by atoms with Gasteiger partial charge in [0.25, 0.3) is 5.91 Å². The lowest BCUT2D eigenvalue weighted by atomic mass is 9.96. The van der Waals surface area contributed by atoms with Crippen molar-refractivity contribution in [3.8, 4) is 16.3 Å². The Morgan fingerprint density at radius 3 is 2.35 bits per heavy atom. The van der Waals surface area contributed by atoms with Gasteiger partial charge in [-0.3, -0.25) is 4.79 Å². The van der Waals surface area contributed by atoms with E-state index in [2.05, 4.69) is 10.2 Å². The van der Waals surface area contributed by atoms with Gasteiger partial charge in [0.15, 0.2) is 5.01 Å². The van der Waals surface area contributed by atoms with Gasteiger partial charge >= 0.3 is 5.97 Å². The number of carbonyl (C=O) groups excluding carboxylic acids is 2. The smallest absolute Gasteiger partial charge is 0.338 e. The third kappa shape index (κ3) is 4.29. The fourth-order valence-electron chi connectivity index (χ4n) is 3.79. The summed E-state index contributed by atoms with van der Waals surface area (Å²) in [5.41, 5.74) is 1.60. The molecule has 8 heteroatoms. The molecule has 1 aliphatic heterocycles. The lowest BCUT2D eigenvalue weighted by Crippen LogP contribution is -2.38. The molecule has 0 bridgehead atoms. The number of likely N-dealkylation sites (tertiary alicyclic amines) is 1. The Bertz CT molecular complexity index is 1090. The lowest BCUT2D eigenvalue weighted by molar-refractivity contribution is 0.0586. The van der Waals surface area contributed by atoms with Crippen LogP contribution in [0.1, 0.15) is 44.5 Å². The van der Waals surface area contributed by atoms with E-state index >= 15 is 0 Å². The van der Waals surface area contributed by atoms with Gasteiger partial charge in [-0.25, -0.2) is 4.79 Å². The molecule has 160 valence electrons. The summed E-state index contributed by atoms with van der Waals surface area (Å²) in [7, 11) is 2.96. The Morgan fingerprint density at radius 2 is 1.65 bits per heavy atom. The number of para-hydroxylation sites is 1. The molecule has 1 saturated heterocycles. The maximum atomic E-state index is 13.0. The normalized spacial score (nSPS) is 14.3. The van der Waals surface area contributed by atoms with Crippen molar-refractivity contribution in [3.63, 3.8) is 0 Å². The summed E-state index contributed by atoms with van der Waals surface area (Å²) in [5.74, 6) is 0.374. The number of methoxy groups -OCH3 is 2. The SMILES string of the molecule is COC(=O)c1ccccc1C(=O)N1CCC(c2nnc(-c3ccccc3OC)s2)CC1. The number of carbonyl (C=O) groups is 2. The number of ether oxygens (including phenoxy) is 2. The molecule has 0 N–H and O–H groups in total. The van der Waals surface area contributed by atoms with Gasteiger partial charge in [-0.1, -0.05) is 35.6 Å². The topological polar surface area (TPSA) is 81.6 Å². The first-order valence-corrected chi connectivity index (χ1v) is 10.9. The molecule has 0 aliphatic carbocycles. The summed E-state index contributed by atoms with van der Waals surface area (Å²) in [6, 6.07) is 14.5. The van der Waals surface area contributed by atoms with Crippen molar-refractivity contribution in [1.29, 1.82) is 0 Å². The minimum Gasteiger partial charge on any atom is -0.496 e. The van der Waals surface area contributed by atoms with Crippen molar-refractivity contribution in [1.82, 2.24) is 15.1 Å². The molecule has 31 heavy (non-hydrogen) atoms. The molecular weight excluding hydrogens is 414 g/mol. The summed E-state index contributed by atoms with van der Waals surface area (Å²) in [5, 5.41) is 10.6. The van der Waals surface area contributed by atoms with Crippen LogP contribution in [0.5, 0.6) is 5.75 Å². The zero-order valence-electron chi connectivity index (χ0n) is 17.4. The number of nitrogens with zero attached hydrogens (tertiary/aromatic N) is 3. The number of rotatable bonds is 5.